The van der Waals surface area contributed by atoms with E-state index in [-0.39, 0.29) is 29.8 Å². The van der Waals surface area contributed by atoms with E-state index in [4.69, 9.17) is 4.74 Å². The third-order valence-electron chi connectivity index (χ3n) is 3.75. The van der Waals surface area contributed by atoms with E-state index in [2.05, 4.69) is 5.32 Å². The first-order chi connectivity index (χ1) is 8.09. The molecule has 0 aromatic carbocycles. The monoisotopic (exact) mass is 241 g/mol. The zero-order valence-corrected chi connectivity index (χ0v) is 10.0. The summed E-state index contributed by atoms with van der Waals surface area (Å²) in [6.45, 7) is 2.41. The van der Waals surface area contributed by atoms with Crippen LogP contribution in [0.2, 0.25) is 0 Å². The van der Waals surface area contributed by atoms with Crippen molar-refractivity contribution >= 4 is 11.9 Å². The summed E-state index contributed by atoms with van der Waals surface area (Å²) >= 11 is 0. The molecule has 17 heavy (non-hydrogen) atoms. The zero-order valence-electron chi connectivity index (χ0n) is 10.0. The molecule has 0 aromatic heterocycles. The minimum Gasteiger partial charge on any atom is -0.462 e. The van der Waals surface area contributed by atoms with E-state index in [0.29, 0.717) is 25.8 Å². The number of nitrogens with one attached hydrogen (secondary N) is 1. The minimum absolute atomic E-state index is 0.0274. The van der Waals surface area contributed by atoms with Crippen molar-refractivity contribution in [2.75, 3.05) is 6.54 Å². The Balaban J connectivity index is 2.09. The Morgan fingerprint density at radius 3 is 2.88 bits per heavy atom. The van der Waals surface area contributed by atoms with Crippen LogP contribution in [0.5, 0.6) is 0 Å². The third kappa shape index (κ3) is 2.60. The van der Waals surface area contributed by atoms with E-state index in [1.165, 1.54) is 0 Å². The fourth-order valence-electron chi connectivity index (χ4n) is 2.74. The Labute approximate surface area is 101 Å². The number of carbonyl (C=O) groups excluding carboxylic acids is 2. The van der Waals surface area contributed by atoms with Gasteiger partial charge in [0.1, 0.15) is 6.10 Å². The number of aliphatic hydroxyl groups is 1. The Kier molecular flexibility index (Phi) is 3.66. The maximum atomic E-state index is 11.5. The second-order valence-electron chi connectivity index (χ2n) is 4.94. The number of rotatable bonds is 0. The average Bonchev–Trinajstić information content (AvgIpc) is 2.57. The lowest BCUT2D eigenvalue weighted by Crippen LogP contribution is -2.36. The van der Waals surface area contributed by atoms with Crippen molar-refractivity contribution in [3.05, 3.63) is 0 Å². The van der Waals surface area contributed by atoms with Gasteiger partial charge >= 0.3 is 5.97 Å². The summed E-state index contributed by atoms with van der Waals surface area (Å²) in [4.78, 5) is 22.9. The quantitative estimate of drug-likeness (QED) is 0.595. The van der Waals surface area contributed by atoms with Crippen molar-refractivity contribution in [3.8, 4) is 0 Å². The molecule has 2 heterocycles. The Bertz CT molecular complexity index is 318. The van der Waals surface area contributed by atoms with Crippen LogP contribution in [0.4, 0.5) is 0 Å². The molecule has 2 aliphatic rings. The molecule has 0 spiro atoms. The number of ether oxygens (including phenoxy) is 1. The van der Waals surface area contributed by atoms with Gasteiger partial charge in [-0.05, 0) is 19.3 Å². The molecule has 0 radical (unpaired) electrons. The number of carbonyl (C=O) groups is 2. The molecule has 4 atom stereocenters. The summed E-state index contributed by atoms with van der Waals surface area (Å²) in [5.41, 5.74) is 0. The molecular formula is C12H19NO4. The normalized spacial score (nSPS) is 39.2. The molecule has 1 amide bonds. The number of hydrogen-bond acceptors (Lipinski definition) is 4. The summed E-state index contributed by atoms with van der Waals surface area (Å²) in [5, 5.41) is 12.9. The van der Waals surface area contributed by atoms with Gasteiger partial charge in [0, 0.05) is 18.9 Å². The summed E-state index contributed by atoms with van der Waals surface area (Å²) in [7, 11) is 0. The average molecular weight is 241 g/mol. The summed E-state index contributed by atoms with van der Waals surface area (Å²) in [6.07, 6.45) is 1.37. The van der Waals surface area contributed by atoms with Gasteiger partial charge in [0.2, 0.25) is 5.91 Å². The van der Waals surface area contributed by atoms with Gasteiger partial charge in [0.25, 0.3) is 0 Å². The summed E-state index contributed by atoms with van der Waals surface area (Å²) in [5.74, 6) is -0.677. The van der Waals surface area contributed by atoms with Gasteiger partial charge in [-0.25, -0.2) is 0 Å². The van der Waals surface area contributed by atoms with Gasteiger partial charge in [-0.2, -0.15) is 0 Å². The van der Waals surface area contributed by atoms with Crippen LogP contribution in [0.3, 0.4) is 0 Å². The van der Waals surface area contributed by atoms with Gasteiger partial charge in [0.05, 0.1) is 12.0 Å². The van der Waals surface area contributed by atoms with Crippen LogP contribution in [0.15, 0.2) is 0 Å². The van der Waals surface area contributed by atoms with Crippen molar-refractivity contribution in [2.24, 2.45) is 11.8 Å². The predicted octanol–water partition coefficient (Wildman–Crippen LogP) is 0.215. The number of aliphatic hydroxyl groups excluding tert-OH is 1. The summed E-state index contributed by atoms with van der Waals surface area (Å²) < 4.78 is 5.30. The molecule has 0 bridgehead atoms. The first-order valence-electron chi connectivity index (χ1n) is 6.25. The highest BCUT2D eigenvalue weighted by molar-refractivity contribution is 5.76. The van der Waals surface area contributed by atoms with Gasteiger partial charge < -0.3 is 15.2 Å². The molecule has 96 valence electrons. The second-order valence-corrected chi connectivity index (χ2v) is 4.94. The van der Waals surface area contributed by atoms with E-state index in [1.54, 1.807) is 6.92 Å². The molecule has 0 unspecified atom stereocenters. The second kappa shape index (κ2) is 5.04. The van der Waals surface area contributed by atoms with E-state index < -0.39 is 6.10 Å². The van der Waals surface area contributed by atoms with Crippen LogP contribution in [0, 0.1) is 11.8 Å². The molecule has 0 aromatic rings. The summed E-state index contributed by atoms with van der Waals surface area (Å²) in [6, 6.07) is 0. The van der Waals surface area contributed by atoms with Crippen LogP contribution in [-0.4, -0.2) is 35.7 Å². The van der Waals surface area contributed by atoms with E-state index in [0.717, 1.165) is 6.42 Å². The maximum absolute atomic E-state index is 11.5. The van der Waals surface area contributed by atoms with Crippen LogP contribution >= 0.6 is 0 Å². The molecule has 2 N–H and O–H groups in total. The van der Waals surface area contributed by atoms with Crippen molar-refractivity contribution in [1.29, 1.82) is 0 Å². The van der Waals surface area contributed by atoms with Crippen molar-refractivity contribution in [1.82, 2.24) is 5.32 Å². The molecule has 2 saturated heterocycles. The van der Waals surface area contributed by atoms with Crippen LogP contribution in [0.25, 0.3) is 0 Å². The van der Waals surface area contributed by atoms with Crippen molar-refractivity contribution in [3.63, 3.8) is 0 Å². The molecular weight excluding hydrogens is 222 g/mol. The Morgan fingerprint density at radius 2 is 2.12 bits per heavy atom. The smallest absolute Gasteiger partial charge is 0.309 e. The predicted molar refractivity (Wildman–Crippen MR) is 60.0 cm³/mol. The highest BCUT2D eigenvalue weighted by atomic mass is 16.6. The van der Waals surface area contributed by atoms with Crippen LogP contribution < -0.4 is 5.32 Å². The van der Waals surface area contributed by atoms with E-state index in [9.17, 15) is 14.7 Å². The van der Waals surface area contributed by atoms with Gasteiger partial charge in [-0.1, -0.05) is 6.92 Å². The van der Waals surface area contributed by atoms with Crippen molar-refractivity contribution in [2.45, 2.75) is 44.8 Å². The fourth-order valence-corrected chi connectivity index (χ4v) is 2.74. The van der Waals surface area contributed by atoms with Gasteiger partial charge in [-0.3, -0.25) is 9.59 Å². The number of fused-ring (bicyclic) bond motifs is 1. The first-order valence-corrected chi connectivity index (χ1v) is 6.25. The highest BCUT2D eigenvalue weighted by Gasteiger charge is 2.45. The highest BCUT2D eigenvalue weighted by Crippen LogP contribution is 2.35. The fraction of sp³-hybridized carbons (Fsp3) is 0.833. The molecule has 0 aliphatic carbocycles. The zero-order chi connectivity index (χ0) is 12.4. The number of hydrogen-bond donors (Lipinski definition) is 2. The SMILES string of the molecule is C[C@@H]1C(=O)O[C@@H]2CCCNC(=O)CC[C@@H](O)[C@@H]12. The first kappa shape index (κ1) is 12.4. The Hall–Kier alpha value is -1.10. The number of esters is 1. The van der Waals surface area contributed by atoms with Gasteiger partial charge in [0.15, 0.2) is 0 Å². The molecule has 5 heteroatoms. The standard InChI is InChI=1S/C12H19NO4/c1-7-11-8(14)4-5-10(15)13-6-2-3-9(11)17-12(7)16/h7-9,11,14H,2-6H2,1H3,(H,13,15)/t7-,8+,9+,11+/m0/s1. The number of amides is 1. The lowest BCUT2D eigenvalue weighted by molar-refractivity contribution is -0.144. The van der Waals surface area contributed by atoms with Gasteiger partial charge in [-0.15, -0.1) is 0 Å². The van der Waals surface area contributed by atoms with Crippen LogP contribution in [0.1, 0.15) is 32.6 Å². The molecule has 2 aliphatic heterocycles. The molecule has 0 saturated carbocycles. The largest absolute Gasteiger partial charge is 0.462 e. The third-order valence-corrected chi connectivity index (χ3v) is 3.75. The lowest BCUT2D eigenvalue weighted by atomic mass is 9.83. The molecule has 2 rings (SSSR count). The topological polar surface area (TPSA) is 75.6 Å². The Morgan fingerprint density at radius 1 is 1.35 bits per heavy atom. The van der Waals surface area contributed by atoms with Crippen LogP contribution in [-0.2, 0) is 14.3 Å². The van der Waals surface area contributed by atoms with Crippen molar-refractivity contribution < 1.29 is 19.4 Å². The lowest BCUT2D eigenvalue weighted by Gasteiger charge is -2.25. The molecule has 5 nitrogen and oxygen atoms in total. The molecule has 2 fully saturated rings. The minimum atomic E-state index is -0.634. The maximum Gasteiger partial charge on any atom is 0.309 e. The van der Waals surface area contributed by atoms with E-state index in [1.807, 2.05) is 0 Å². The van der Waals surface area contributed by atoms with E-state index >= 15 is 0 Å².